The maximum atomic E-state index is 13.3. The van der Waals surface area contributed by atoms with E-state index in [0.29, 0.717) is 21.2 Å². The van der Waals surface area contributed by atoms with Gasteiger partial charge in [0.25, 0.3) is 0 Å². The minimum absolute atomic E-state index is 0.0490. The Morgan fingerprint density at radius 2 is 1.94 bits per heavy atom. The van der Waals surface area contributed by atoms with Gasteiger partial charge in [-0.25, -0.2) is 4.79 Å². The quantitative estimate of drug-likeness (QED) is 0.521. The van der Waals surface area contributed by atoms with Gasteiger partial charge < -0.3 is 14.6 Å². The van der Waals surface area contributed by atoms with E-state index in [9.17, 15) is 14.1 Å². The van der Waals surface area contributed by atoms with E-state index in [0.717, 1.165) is 0 Å². The first-order valence-corrected chi connectivity index (χ1v) is 12.3. The van der Waals surface area contributed by atoms with Crippen LogP contribution in [0.5, 0.6) is 0 Å². The molecule has 6 nitrogen and oxygen atoms in total. The normalized spacial score (nSPS) is 29.7. The molecule has 2 aliphatic heterocycles. The zero-order valence-electron chi connectivity index (χ0n) is 18.2. The average Bonchev–Trinajstić information content (AvgIpc) is 3.59. The van der Waals surface area contributed by atoms with E-state index in [4.69, 9.17) is 21.1 Å². The Bertz CT molecular complexity index is 1330. The molecule has 5 atom stereocenters. The standard InChI is InChI=1S/C26H20ClNO5S/c1-25(30)15-7-3-2-4-10-22-23-26(25,33-23)20-8-5-6-9-21(20)28(22)24(29)32-16-17-34(31)19-13-11-18(27)12-14-19/h2-3,5-6,8-9,11-14,22-23,30H,16-17H2,1H3/b3-2-/t22-,23-,25+,26+,34?/m0/s1. The van der Waals surface area contributed by atoms with E-state index >= 15 is 0 Å². The van der Waals surface area contributed by atoms with Crippen molar-refractivity contribution in [2.75, 3.05) is 17.3 Å². The molecule has 1 aliphatic carbocycles. The van der Waals surface area contributed by atoms with Crippen LogP contribution in [-0.2, 0) is 25.9 Å². The minimum atomic E-state index is -1.50. The van der Waals surface area contributed by atoms with E-state index in [2.05, 4.69) is 23.7 Å². The summed E-state index contributed by atoms with van der Waals surface area (Å²) in [6.45, 7) is 1.56. The van der Waals surface area contributed by atoms with Crippen LogP contribution in [0.1, 0.15) is 12.5 Å². The molecule has 172 valence electrons. The predicted molar refractivity (Wildman–Crippen MR) is 129 cm³/mol. The van der Waals surface area contributed by atoms with Crippen LogP contribution in [-0.4, -0.2) is 45.5 Å². The molecule has 0 saturated carbocycles. The second kappa shape index (κ2) is 8.61. The van der Waals surface area contributed by atoms with Crippen molar-refractivity contribution in [2.45, 2.75) is 35.2 Å². The van der Waals surface area contributed by atoms with Gasteiger partial charge in [0.15, 0.2) is 11.2 Å². The highest BCUT2D eigenvalue weighted by Crippen LogP contribution is 2.61. The highest BCUT2D eigenvalue weighted by atomic mass is 35.5. The summed E-state index contributed by atoms with van der Waals surface area (Å²) < 4.78 is 24.2. The lowest BCUT2D eigenvalue weighted by atomic mass is 9.75. The van der Waals surface area contributed by atoms with E-state index in [1.54, 1.807) is 55.5 Å². The van der Waals surface area contributed by atoms with Crippen LogP contribution in [0.25, 0.3) is 0 Å². The number of aliphatic hydroxyl groups is 1. The largest absolute Gasteiger partial charge is 0.448 e. The molecule has 1 saturated heterocycles. The third-order valence-electron chi connectivity index (χ3n) is 6.07. The lowest BCUT2D eigenvalue weighted by Crippen LogP contribution is -2.54. The molecule has 0 spiro atoms. The number of rotatable bonds is 4. The maximum Gasteiger partial charge on any atom is 0.415 e. The molecular formula is C26H20ClNO5S. The van der Waals surface area contributed by atoms with Crippen LogP contribution in [0.3, 0.4) is 0 Å². The van der Waals surface area contributed by atoms with Gasteiger partial charge in [-0.3, -0.25) is 9.11 Å². The number of para-hydroxylation sites is 1. The Hall–Kier alpha value is -3.07. The summed E-state index contributed by atoms with van der Waals surface area (Å²) in [6.07, 6.45) is 1.91. The molecule has 1 amide bonds. The van der Waals surface area contributed by atoms with Crippen molar-refractivity contribution in [3.63, 3.8) is 0 Å². The second-order valence-electron chi connectivity index (χ2n) is 8.19. The third kappa shape index (κ3) is 3.72. The summed E-state index contributed by atoms with van der Waals surface area (Å²) in [5.74, 6) is 11.8. The van der Waals surface area contributed by atoms with Gasteiger partial charge in [-0.1, -0.05) is 53.5 Å². The molecule has 2 aromatic rings. The highest BCUT2D eigenvalue weighted by molar-refractivity contribution is 7.85. The van der Waals surface area contributed by atoms with Gasteiger partial charge >= 0.3 is 6.09 Å². The lowest BCUT2D eigenvalue weighted by molar-refractivity contribution is 0.0264. The third-order valence-corrected chi connectivity index (χ3v) is 7.66. The molecule has 1 unspecified atom stereocenters. The number of hydrogen-bond donors (Lipinski definition) is 1. The van der Waals surface area contributed by atoms with Crippen molar-refractivity contribution in [3.05, 3.63) is 71.3 Å². The zero-order chi connectivity index (χ0) is 23.9. The first-order valence-electron chi connectivity index (χ1n) is 10.6. The number of carbonyl (C=O) groups is 1. The van der Waals surface area contributed by atoms with Gasteiger partial charge in [-0.2, -0.15) is 0 Å². The Morgan fingerprint density at radius 1 is 1.21 bits per heavy atom. The minimum Gasteiger partial charge on any atom is -0.448 e. The Morgan fingerprint density at radius 3 is 2.74 bits per heavy atom. The van der Waals surface area contributed by atoms with Crippen molar-refractivity contribution in [3.8, 4) is 23.7 Å². The maximum absolute atomic E-state index is 13.3. The Balaban J connectivity index is 1.41. The molecular weight excluding hydrogens is 474 g/mol. The molecule has 1 fully saturated rings. The topological polar surface area (TPSA) is 79.4 Å². The number of carbonyl (C=O) groups excluding carboxylic acids is 1. The van der Waals surface area contributed by atoms with Crippen LogP contribution in [0, 0.1) is 23.7 Å². The predicted octanol–water partition coefficient (Wildman–Crippen LogP) is 3.39. The summed E-state index contributed by atoms with van der Waals surface area (Å²) in [5.41, 5.74) is -1.43. The number of halogens is 1. The van der Waals surface area contributed by atoms with Gasteiger partial charge in [0.05, 0.1) is 22.2 Å². The molecule has 0 radical (unpaired) electrons. The van der Waals surface area contributed by atoms with E-state index in [1.807, 2.05) is 12.1 Å². The number of anilines is 1. The molecule has 0 aromatic heterocycles. The molecule has 8 heteroatoms. The summed E-state index contributed by atoms with van der Waals surface area (Å²) in [7, 11) is -1.35. The van der Waals surface area contributed by atoms with E-state index in [-0.39, 0.29) is 12.4 Å². The molecule has 34 heavy (non-hydrogen) atoms. The first kappa shape index (κ1) is 22.7. The Labute approximate surface area is 205 Å². The zero-order valence-corrected chi connectivity index (χ0v) is 19.7. The summed E-state index contributed by atoms with van der Waals surface area (Å²) in [6, 6.07) is 13.2. The van der Waals surface area contributed by atoms with Crippen LogP contribution in [0.15, 0.2) is 65.6 Å². The van der Waals surface area contributed by atoms with Crippen molar-refractivity contribution >= 4 is 34.2 Å². The summed E-state index contributed by atoms with van der Waals surface area (Å²) >= 11 is 5.88. The van der Waals surface area contributed by atoms with Gasteiger partial charge in [0.1, 0.15) is 18.8 Å². The number of benzene rings is 2. The van der Waals surface area contributed by atoms with Gasteiger partial charge in [-0.05, 0) is 49.4 Å². The summed E-state index contributed by atoms with van der Waals surface area (Å²) in [4.78, 5) is 15.3. The second-order valence-corrected chi connectivity index (χ2v) is 10.2. The fourth-order valence-electron chi connectivity index (χ4n) is 4.43. The number of hydrogen-bond acceptors (Lipinski definition) is 5. The number of allylic oxidation sites excluding steroid dienone is 2. The lowest BCUT2D eigenvalue weighted by Gasteiger charge is -2.38. The number of epoxide rings is 1. The molecule has 2 heterocycles. The molecule has 2 aromatic carbocycles. The number of fused-ring (bicyclic) bond motifs is 1. The SMILES string of the molecule is C[C@@]1(O)C#C/C=C\C#C[C@H]2[C@@H]3O[C@]31c1ccccc1N2C(=O)OCCS(=O)c1ccc(Cl)cc1. The highest BCUT2D eigenvalue weighted by Gasteiger charge is 2.74. The smallest absolute Gasteiger partial charge is 0.415 e. The van der Waals surface area contributed by atoms with Crippen molar-refractivity contribution in [2.24, 2.45) is 0 Å². The number of nitrogens with zero attached hydrogens (tertiary/aromatic N) is 1. The Kier molecular flexibility index (Phi) is 5.75. The van der Waals surface area contributed by atoms with Crippen LogP contribution >= 0.6 is 11.6 Å². The van der Waals surface area contributed by atoms with Crippen LogP contribution in [0.4, 0.5) is 10.5 Å². The van der Waals surface area contributed by atoms with E-state index in [1.165, 1.54) is 4.90 Å². The van der Waals surface area contributed by atoms with E-state index < -0.39 is 40.2 Å². The summed E-state index contributed by atoms with van der Waals surface area (Å²) in [5, 5.41) is 11.8. The molecule has 1 N–H and O–H groups in total. The average molecular weight is 494 g/mol. The van der Waals surface area contributed by atoms with Gasteiger partial charge in [-0.15, -0.1) is 0 Å². The van der Waals surface area contributed by atoms with Crippen LogP contribution < -0.4 is 4.90 Å². The van der Waals surface area contributed by atoms with Crippen LogP contribution in [0.2, 0.25) is 5.02 Å². The number of ether oxygens (including phenoxy) is 2. The first-order chi connectivity index (χ1) is 16.3. The fourth-order valence-corrected chi connectivity index (χ4v) is 5.47. The van der Waals surface area contributed by atoms with Gasteiger partial charge in [0, 0.05) is 15.5 Å². The molecule has 2 bridgehead atoms. The molecule has 5 rings (SSSR count). The van der Waals surface area contributed by atoms with Gasteiger partial charge in [0.2, 0.25) is 0 Å². The fraction of sp³-hybridized carbons (Fsp3) is 0.269. The van der Waals surface area contributed by atoms with Crippen molar-refractivity contribution < 1.29 is 23.6 Å². The van der Waals surface area contributed by atoms with Crippen molar-refractivity contribution in [1.29, 1.82) is 0 Å². The number of amides is 1. The molecule has 3 aliphatic rings. The van der Waals surface area contributed by atoms with Crippen molar-refractivity contribution in [1.82, 2.24) is 0 Å². The monoisotopic (exact) mass is 493 g/mol.